The van der Waals surface area contributed by atoms with Crippen molar-refractivity contribution < 1.29 is 4.42 Å². The third-order valence-corrected chi connectivity index (χ3v) is 5.13. The molecule has 2 N–H and O–H groups in total. The molecular weight excluding hydrogens is 421 g/mol. The predicted octanol–water partition coefficient (Wildman–Crippen LogP) is 4.06. The molecule has 1 aromatic rings. The molecule has 132 valence electrons. The minimum atomic E-state index is 0. The average Bonchev–Trinajstić information content (AvgIpc) is 3.06. The van der Waals surface area contributed by atoms with Crippen LogP contribution in [0.2, 0.25) is 0 Å². The Morgan fingerprint density at radius 2 is 2.30 bits per heavy atom. The van der Waals surface area contributed by atoms with Crippen LogP contribution >= 0.6 is 35.7 Å². The first kappa shape index (κ1) is 20.7. The van der Waals surface area contributed by atoms with E-state index < -0.39 is 0 Å². The Morgan fingerprint density at radius 1 is 1.43 bits per heavy atom. The van der Waals surface area contributed by atoms with Crippen LogP contribution in [0.25, 0.3) is 0 Å². The van der Waals surface area contributed by atoms with Gasteiger partial charge in [-0.3, -0.25) is 4.99 Å². The van der Waals surface area contributed by atoms with Gasteiger partial charge in [0.25, 0.3) is 0 Å². The van der Waals surface area contributed by atoms with Gasteiger partial charge in [-0.2, -0.15) is 11.8 Å². The van der Waals surface area contributed by atoms with E-state index in [2.05, 4.69) is 28.8 Å². The van der Waals surface area contributed by atoms with E-state index in [4.69, 9.17) is 4.42 Å². The monoisotopic (exact) mass is 451 g/mol. The molecule has 2 unspecified atom stereocenters. The predicted molar refractivity (Wildman–Crippen MR) is 111 cm³/mol. The second kappa shape index (κ2) is 12.1. The summed E-state index contributed by atoms with van der Waals surface area (Å²) in [5.41, 5.74) is 0. The molecule has 1 saturated carbocycles. The molecule has 1 aliphatic rings. The van der Waals surface area contributed by atoms with Crippen molar-refractivity contribution in [1.29, 1.82) is 0 Å². The van der Waals surface area contributed by atoms with Crippen molar-refractivity contribution >= 4 is 41.7 Å². The summed E-state index contributed by atoms with van der Waals surface area (Å²) in [6, 6.07) is 4.50. The van der Waals surface area contributed by atoms with Gasteiger partial charge in [0.2, 0.25) is 0 Å². The van der Waals surface area contributed by atoms with Crippen molar-refractivity contribution in [2.45, 2.75) is 56.7 Å². The lowest BCUT2D eigenvalue weighted by Gasteiger charge is -2.30. The minimum Gasteiger partial charge on any atom is -0.469 e. The lowest BCUT2D eigenvalue weighted by Crippen LogP contribution is -2.46. The number of hydrogen-bond acceptors (Lipinski definition) is 3. The second-order valence-electron chi connectivity index (χ2n) is 5.85. The quantitative estimate of drug-likeness (QED) is 0.373. The van der Waals surface area contributed by atoms with Gasteiger partial charge in [0.15, 0.2) is 5.96 Å². The number of nitrogens with one attached hydrogen (secondary N) is 2. The number of thioether (sulfide) groups is 1. The highest BCUT2D eigenvalue weighted by Crippen LogP contribution is 2.26. The van der Waals surface area contributed by atoms with Crippen molar-refractivity contribution in [3.63, 3.8) is 0 Å². The zero-order valence-corrected chi connectivity index (χ0v) is 17.4. The number of rotatable bonds is 7. The number of hydrogen-bond donors (Lipinski definition) is 2. The smallest absolute Gasteiger partial charge is 0.191 e. The molecule has 0 aromatic carbocycles. The van der Waals surface area contributed by atoms with Gasteiger partial charge in [-0.25, -0.2) is 0 Å². The van der Waals surface area contributed by atoms with Crippen LogP contribution in [0, 0.1) is 0 Å². The normalized spacial score (nSPS) is 21.6. The molecule has 0 saturated heterocycles. The van der Waals surface area contributed by atoms with Crippen molar-refractivity contribution in [1.82, 2.24) is 10.6 Å². The van der Waals surface area contributed by atoms with Crippen LogP contribution in [0.3, 0.4) is 0 Å². The van der Waals surface area contributed by atoms with Gasteiger partial charge in [0.05, 0.1) is 6.26 Å². The first-order valence-electron chi connectivity index (χ1n) is 8.41. The van der Waals surface area contributed by atoms with Crippen molar-refractivity contribution in [2.75, 3.05) is 19.3 Å². The van der Waals surface area contributed by atoms with E-state index in [1.807, 2.05) is 23.9 Å². The molecule has 4 nitrogen and oxygen atoms in total. The summed E-state index contributed by atoms with van der Waals surface area (Å²) in [7, 11) is 0. The molecule has 0 bridgehead atoms. The van der Waals surface area contributed by atoms with Gasteiger partial charge < -0.3 is 15.1 Å². The Bertz CT molecular complexity index is 439. The van der Waals surface area contributed by atoms with Crippen LogP contribution in [0.1, 0.15) is 44.8 Å². The topological polar surface area (TPSA) is 49.6 Å². The van der Waals surface area contributed by atoms with Crippen LogP contribution in [-0.4, -0.2) is 36.6 Å². The highest BCUT2D eigenvalue weighted by atomic mass is 127. The summed E-state index contributed by atoms with van der Waals surface area (Å²) in [4.78, 5) is 4.66. The van der Waals surface area contributed by atoms with Crippen molar-refractivity contribution in [3.8, 4) is 0 Å². The molecule has 1 aromatic heterocycles. The number of furan rings is 1. The van der Waals surface area contributed by atoms with Crippen LogP contribution in [-0.2, 0) is 6.42 Å². The fourth-order valence-electron chi connectivity index (χ4n) is 2.82. The second-order valence-corrected chi connectivity index (χ2v) is 6.99. The molecule has 0 amide bonds. The minimum absolute atomic E-state index is 0. The molecule has 1 heterocycles. The van der Waals surface area contributed by atoms with E-state index in [9.17, 15) is 0 Å². The fourth-order valence-corrected chi connectivity index (χ4v) is 3.65. The number of aliphatic imine (C=N–C) groups is 1. The molecule has 0 radical (unpaired) electrons. The maximum atomic E-state index is 5.37. The van der Waals surface area contributed by atoms with E-state index in [-0.39, 0.29) is 24.0 Å². The third-order valence-electron chi connectivity index (χ3n) is 4.04. The molecule has 2 atom stereocenters. The first-order valence-corrected chi connectivity index (χ1v) is 9.70. The van der Waals surface area contributed by atoms with Gasteiger partial charge in [-0.1, -0.05) is 13.3 Å². The summed E-state index contributed by atoms with van der Waals surface area (Å²) in [5.74, 6) is 1.97. The Labute approximate surface area is 161 Å². The van der Waals surface area contributed by atoms with Crippen LogP contribution in [0.5, 0.6) is 0 Å². The fraction of sp³-hybridized carbons (Fsp3) is 0.706. The Hall–Kier alpha value is -0.370. The lowest BCUT2D eigenvalue weighted by atomic mass is 9.95. The van der Waals surface area contributed by atoms with E-state index >= 15 is 0 Å². The molecule has 2 rings (SSSR count). The Balaban J connectivity index is 0.00000264. The first-order chi connectivity index (χ1) is 10.8. The molecular formula is C17H30IN3OS. The maximum absolute atomic E-state index is 5.37. The van der Waals surface area contributed by atoms with E-state index in [0.717, 1.165) is 42.9 Å². The number of nitrogens with zero attached hydrogens (tertiary/aromatic N) is 1. The molecule has 1 aliphatic carbocycles. The molecule has 0 aliphatic heterocycles. The molecule has 1 fully saturated rings. The average molecular weight is 451 g/mol. The van der Waals surface area contributed by atoms with Gasteiger partial charge in [-0.15, -0.1) is 24.0 Å². The zero-order chi connectivity index (χ0) is 15.6. The zero-order valence-electron chi connectivity index (χ0n) is 14.2. The lowest BCUT2D eigenvalue weighted by molar-refractivity contribution is 0.418. The van der Waals surface area contributed by atoms with Crippen molar-refractivity contribution in [3.05, 3.63) is 24.2 Å². The van der Waals surface area contributed by atoms with Crippen molar-refractivity contribution in [2.24, 2.45) is 4.99 Å². The highest BCUT2D eigenvalue weighted by molar-refractivity contribution is 14.0. The highest BCUT2D eigenvalue weighted by Gasteiger charge is 2.21. The third kappa shape index (κ3) is 7.83. The summed E-state index contributed by atoms with van der Waals surface area (Å²) < 4.78 is 5.37. The SMILES string of the molecule is CCCN=C(NCCc1ccco1)NC1CCCC(SC)C1.I. The molecule has 6 heteroatoms. The van der Waals surface area contributed by atoms with Gasteiger partial charge in [0, 0.05) is 30.8 Å². The van der Waals surface area contributed by atoms with Crippen LogP contribution in [0.15, 0.2) is 27.8 Å². The van der Waals surface area contributed by atoms with Crippen LogP contribution < -0.4 is 10.6 Å². The summed E-state index contributed by atoms with van der Waals surface area (Å²) >= 11 is 2.00. The molecule has 0 spiro atoms. The summed E-state index contributed by atoms with van der Waals surface area (Å²) in [6.07, 6.45) is 11.1. The van der Waals surface area contributed by atoms with Gasteiger partial charge in [0.1, 0.15) is 5.76 Å². The molecule has 23 heavy (non-hydrogen) atoms. The standard InChI is InChI=1S/C17H29N3OS.HI/c1-3-10-18-17(19-11-9-15-7-5-12-21-15)20-14-6-4-8-16(13-14)22-2;/h5,7,12,14,16H,3-4,6,8-11,13H2,1-2H3,(H2,18,19,20);1H. The largest absolute Gasteiger partial charge is 0.469 e. The van der Waals surface area contributed by atoms with E-state index in [0.29, 0.717) is 6.04 Å². The number of halogens is 1. The van der Waals surface area contributed by atoms with E-state index in [1.165, 1.54) is 25.7 Å². The van der Waals surface area contributed by atoms with Gasteiger partial charge >= 0.3 is 0 Å². The Morgan fingerprint density at radius 3 is 3.00 bits per heavy atom. The maximum Gasteiger partial charge on any atom is 0.191 e. The van der Waals surface area contributed by atoms with Gasteiger partial charge in [-0.05, 0) is 44.1 Å². The summed E-state index contributed by atoms with van der Waals surface area (Å²) in [5, 5.41) is 7.87. The number of guanidine groups is 1. The Kier molecular flexibility index (Phi) is 10.8. The van der Waals surface area contributed by atoms with E-state index in [1.54, 1.807) is 6.26 Å². The summed E-state index contributed by atoms with van der Waals surface area (Å²) in [6.45, 7) is 3.88. The van der Waals surface area contributed by atoms with Crippen LogP contribution in [0.4, 0.5) is 0 Å².